The predicted molar refractivity (Wildman–Crippen MR) is 79.1 cm³/mol. The minimum Gasteiger partial charge on any atom is -0.377 e. The van der Waals surface area contributed by atoms with Gasteiger partial charge in [-0.2, -0.15) is 0 Å². The van der Waals surface area contributed by atoms with Crippen molar-refractivity contribution in [3.05, 3.63) is 33.3 Å². The van der Waals surface area contributed by atoms with E-state index < -0.39 is 0 Å². The van der Waals surface area contributed by atoms with Gasteiger partial charge in [0.2, 0.25) is 0 Å². The molecule has 3 atom stereocenters. The summed E-state index contributed by atoms with van der Waals surface area (Å²) in [5.41, 5.74) is 1.13. The Bertz CT molecular complexity index is 407. The standard InChI is InChI=1S/C14H19BrClNO/c1-9(12-6-5-11(15)8-13(12)16)17-10(2)14-4-3-7-18-14/h5-6,8-10,14,17H,3-4,7H2,1-2H3. The first-order valence-corrected chi connectivity index (χ1v) is 7.57. The third kappa shape index (κ3) is 3.47. The molecule has 0 aromatic heterocycles. The van der Waals surface area contributed by atoms with Gasteiger partial charge in [-0.05, 0) is 44.4 Å². The van der Waals surface area contributed by atoms with E-state index in [4.69, 9.17) is 16.3 Å². The summed E-state index contributed by atoms with van der Waals surface area (Å²) >= 11 is 9.69. The molecule has 1 aliphatic rings. The molecule has 2 nitrogen and oxygen atoms in total. The number of hydrogen-bond acceptors (Lipinski definition) is 2. The van der Waals surface area contributed by atoms with Gasteiger partial charge in [0.1, 0.15) is 0 Å². The fraction of sp³-hybridized carbons (Fsp3) is 0.571. The van der Waals surface area contributed by atoms with Crippen LogP contribution in [0.25, 0.3) is 0 Å². The maximum absolute atomic E-state index is 6.27. The number of rotatable bonds is 4. The largest absolute Gasteiger partial charge is 0.377 e. The van der Waals surface area contributed by atoms with Crippen molar-refractivity contribution in [1.82, 2.24) is 5.32 Å². The number of halogens is 2. The molecule has 2 rings (SSSR count). The predicted octanol–water partition coefficient (Wildman–Crippen LogP) is 4.32. The van der Waals surface area contributed by atoms with Crippen molar-refractivity contribution in [3.63, 3.8) is 0 Å². The summed E-state index contributed by atoms with van der Waals surface area (Å²) in [6.07, 6.45) is 2.65. The number of ether oxygens (including phenoxy) is 1. The Morgan fingerprint density at radius 3 is 2.83 bits per heavy atom. The van der Waals surface area contributed by atoms with Gasteiger partial charge >= 0.3 is 0 Å². The second-order valence-electron chi connectivity index (χ2n) is 4.89. The summed E-state index contributed by atoms with van der Waals surface area (Å²) in [5.74, 6) is 0. The molecule has 0 radical (unpaired) electrons. The fourth-order valence-electron chi connectivity index (χ4n) is 2.44. The van der Waals surface area contributed by atoms with E-state index in [0.717, 1.165) is 28.1 Å². The van der Waals surface area contributed by atoms with Gasteiger partial charge < -0.3 is 10.1 Å². The maximum atomic E-state index is 6.27. The van der Waals surface area contributed by atoms with Gasteiger partial charge in [0.15, 0.2) is 0 Å². The summed E-state index contributed by atoms with van der Waals surface area (Å²) in [6, 6.07) is 6.60. The van der Waals surface area contributed by atoms with Gasteiger partial charge in [-0.25, -0.2) is 0 Å². The summed E-state index contributed by atoms with van der Waals surface area (Å²) in [6.45, 7) is 5.21. The maximum Gasteiger partial charge on any atom is 0.0726 e. The van der Waals surface area contributed by atoms with Crippen LogP contribution >= 0.6 is 27.5 Å². The van der Waals surface area contributed by atoms with Gasteiger partial charge in [0, 0.05) is 28.2 Å². The quantitative estimate of drug-likeness (QED) is 0.886. The number of benzene rings is 1. The van der Waals surface area contributed by atoms with Crippen LogP contribution in [0.3, 0.4) is 0 Å². The zero-order chi connectivity index (χ0) is 13.1. The van der Waals surface area contributed by atoms with Gasteiger partial charge in [-0.1, -0.05) is 33.6 Å². The lowest BCUT2D eigenvalue weighted by atomic mass is 10.0. The second kappa shape index (κ2) is 6.38. The Kier molecular flexibility index (Phi) is 5.07. The molecular weight excluding hydrogens is 314 g/mol. The van der Waals surface area contributed by atoms with Crippen molar-refractivity contribution in [2.75, 3.05) is 6.61 Å². The molecule has 3 unspecified atom stereocenters. The number of nitrogens with one attached hydrogen (secondary N) is 1. The first kappa shape index (κ1) is 14.3. The highest BCUT2D eigenvalue weighted by molar-refractivity contribution is 9.10. The highest BCUT2D eigenvalue weighted by Gasteiger charge is 2.24. The van der Waals surface area contributed by atoms with Crippen molar-refractivity contribution in [2.45, 2.75) is 44.9 Å². The molecule has 0 bridgehead atoms. The molecule has 0 aliphatic carbocycles. The molecule has 0 saturated carbocycles. The fourth-order valence-corrected chi connectivity index (χ4v) is 3.28. The van der Waals surface area contributed by atoms with E-state index in [1.165, 1.54) is 6.42 Å². The Balaban J connectivity index is 2.00. The Hall–Kier alpha value is -0.0900. The lowest BCUT2D eigenvalue weighted by Crippen LogP contribution is -2.38. The highest BCUT2D eigenvalue weighted by atomic mass is 79.9. The molecule has 4 heteroatoms. The van der Waals surface area contributed by atoms with Crippen LogP contribution in [0, 0.1) is 0 Å². The lowest BCUT2D eigenvalue weighted by molar-refractivity contribution is 0.0804. The molecule has 1 fully saturated rings. The summed E-state index contributed by atoms with van der Waals surface area (Å²) in [5, 5.41) is 4.37. The van der Waals surface area contributed by atoms with E-state index >= 15 is 0 Å². The Morgan fingerprint density at radius 1 is 1.44 bits per heavy atom. The molecule has 1 saturated heterocycles. The zero-order valence-electron chi connectivity index (χ0n) is 10.7. The van der Waals surface area contributed by atoms with E-state index in [1.54, 1.807) is 0 Å². The van der Waals surface area contributed by atoms with Crippen LogP contribution in [-0.2, 0) is 4.74 Å². The average molecular weight is 333 g/mol. The monoisotopic (exact) mass is 331 g/mol. The van der Waals surface area contributed by atoms with E-state index in [0.29, 0.717) is 12.1 Å². The topological polar surface area (TPSA) is 21.3 Å². The SMILES string of the molecule is CC(NC(C)C1CCCO1)c1ccc(Br)cc1Cl. The Labute approximate surface area is 122 Å². The van der Waals surface area contributed by atoms with Crippen LogP contribution in [0.15, 0.2) is 22.7 Å². The molecule has 1 aliphatic heterocycles. The summed E-state index contributed by atoms with van der Waals surface area (Å²) in [7, 11) is 0. The van der Waals surface area contributed by atoms with Gasteiger partial charge in [-0.15, -0.1) is 0 Å². The van der Waals surface area contributed by atoms with Crippen LogP contribution in [0.5, 0.6) is 0 Å². The molecule has 0 amide bonds. The van der Waals surface area contributed by atoms with Crippen molar-refractivity contribution in [1.29, 1.82) is 0 Å². The third-order valence-electron chi connectivity index (χ3n) is 3.46. The van der Waals surface area contributed by atoms with Gasteiger partial charge in [0.05, 0.1) is 6.10 Å². The lowest BCUT2D eigenvalue weighted by Gasteiger charge is -2.25. The molecule has 100 valence electrons. The highest BCUT2D eigenvalue weighted by Crippen LogP contribution is 2.27. The van der Waals surface area contributed by atoms with Crippen molar-refractivity contribution >= 4 is 27.5 Å². The molecular formula is C14H19BrClNO. The van der Waals surface area contributed by atoms with Crippen molar-refractivity contribution in [3.8, 4) is 0 Å². The number of hydrogen-bond donors (Lipinski definition) is 1. The average Bonchev–Trinajstić information content (AvgIpc) is 2.81. The molecule has 18 heavy (non-hydrogen) atoms. The molecule has 1 aromatic carbocycles. The summed E-state index contributed by atoms with van der Waals surface area (Å²) < 4.78 is 6.71. The molecule has 1 heterocycles. The van der Waals surface area contributed by atoms with Gasteiger partial charge in [-0.3, -0.25) is 0 Å². The van der Waals surface area contributed by atoms with Crippen LogP contribution in [0.1, 0.15) is 38.3 Å². The van der Waals surface area contributed by atoms with Gasteiger partial charge in [0.25, 0.3) is 0 Å². The van der Waals surface area contributed by atoms with E-state index in [1.807, 2.05) is 12.1 Å². The first-order chi connectivity index (χ1) is 8.58. The van der Waals surface area contributed by atoms with Crippen molar-refractivity contribution in [2.24, 2.45) is 0 Å². The van der Waals surface area contributed by atoms with E-state index in [2.05, 4.69) is 41.2 Å². The van der Waals surface area contributed by atoms with Crippen LogP contribution < -0.4 is 5.32 Å². The van der Waals surface area contributed by atoms with Crippen LogP contribution in [-0.4, -0.2) is 18.8 Å². The minimum absolute atomic E-state index is 0.227. The van der Waals surface area contributed by atoms with E-state index in [9.17, 15) is 0 Å². The second-order valence-corrected chi connectivity index (χ2v) is 6.22. The normalized spacial score (nSPS) is 23.0. The smallest absolute Gasteiger partial charge is 0.0726 e. The van der Waals surface area contributed by atoms with E-state index in [-0.39, 0.29) is 6.04 Å². The first-order valence-electron chi connectivity index (χ1n) is 6.40. The third-order valence-corrected chi connectivity index (χ3v) is 4.29. The van der Waals surface area contributed by atoms with Crippen LogP contribution in [0.4, 0.5) is 0 Å². The molecule has 1 aromatic rings. The van der Waals surface area contributed by atoms with Crippen LogP contribution in [0.2, 0.25) is 5.02 Å². The van der Waals surface area contributed by atoms with Crippen molar-refractivity contribution < 1.29 is 4.74 Å². The Morgan fingerprint density at radius 2 is 2.22 bits per heavy atom. The molecule has 0 spiro atoms. The minimum atomic E-state index is 0.227. The zero-order valence-corrected chi connectivity index (χ0v) is 13.1. The summed E-state index contributed by atoms with van der Waals surface area (Å²) in [4.78, 5) is 0. The molecule has 1 N–H and O–H groups in total.